The van der Waals surface area contributed by atoms with Crippen molar-refractivity contribution < 1.29 is 15.1 Å². The van der Waals surface area contributed by atoms with Crippen molar-refractivity contribution in [3.8, 4) is 0 Å². The van der Waals surface area contributed by atoms with Gasteiger partial charge in [0.15, 0.2) is 0 Å². The van der Waals surface area contributed by atoms with E-state index in [1.54, 1.807) is 0 Å². The average molecular weight is 336 g/mol. The number of hydrogen-bond donors (Lipinski definition) is 0. The molecule has 0 saturated carbocycles. The Balaban J connectivity index is 0. The Morgan fingerprint density at radius 2 is 1.33 bits per heavy atom. The van der Waals surface area contributed by atoms with E-state index < -0.39 is 15.1 Å². The van der Waals surface area contributed by atoms with E-state index >= 15 is 0 Å². The maximum absolute atomic E-state index is 4.95. The van der Waals surface area contributed by atoms with E-state index in [4.69, 9.17) is 19.4 Å². The van der Waals surface area contributed by atoms with E-state index in [9.17, 15) is 0 Å². The molecule has 0 nitrogen and oxygen atoms in total. The second kappa shape index (κ2) is 15.8. The van der Waals surface area contributed by atoms with Crippen LogP contribution in [0.25, 0.3) is 0 Å². The van der Waals surface area contributed by atoms with Crippen LogP contribution in [0.1, 0.15) is 0 Å². The van der Waals surface area contributed by atoms with Gasteiger partial charge >= 0.3 is 81.9 Å². The zero-order chi connectivity index (χ0) is 5.41. The number of rotatable bonds is 0. The number of halogens is 4. The molecular weight excluding hydrogens is 336 g/mol. The molecule has 0 unspecified atom stereocenters. The van der Waals surface area contributed by atoms with Crippen LogP contribution in [0.2, 0.25) is 0 Å². The molecule has 0 amide bonds. The summed E-state index contributed by atoms with van der Waals surface area (Å²) in [4.78, 5) is 0. The fraction of sp³-hybridized carbons (Fsp3) is 0. The Labute approximate surface area is 79.6 Å². The molecule has 0 aliphatic heterocycles. The predicted molar refractivity (Wildman–Crippen MR) is 35.3 cm³/mol. The topological polar surface area (TPSA) is 0 Å². The molecule has 6 heavy (non-hydrogen) atoms. The van der Waals surface area contributed by atoms with Gasteiger partial charge in [-0.25, -0.2) is 0 Å². The van der Waals surface area contributed by atoms with Crippen molar-refractivity contribution in [1.82, 2.24) is 0 Å². The molecule has 0 fully saturated rings. The van der Waals surface area contributed by atoms with Gasteiger partial charge in [0.2, 0.25) is 0 Å². The molecule has 0 aromatic carbocycles. The van der Waals surface area contributed by atoms with Gasteiger partial charge in [-0.15, -0.1) is 0 Å². The summed E-state index contributed by atoms with van der Waals surface area (Å²) in [6.07, 6.45) is 0. The first-order valence-corrected chi connectivity index (χ1v) is 19.8. The second-order valence-electron chi connectivity index (χ2n) is 0.202. The van der Waals surface area contributed by atoms with Gasteiger partial charge in [-0.3, -0.25) is 0 Å². The van der Waals surface area contributed by atoms with Crippen molar-refractivity contribution >= 4 is 66.8 Å². The molecular formula is Br2CaCl2Zn. The summed E-state index contributed by atoms with van der Waals surface area (Å²) in [6.45, 7) is 0. The minimum atomic E-state index is -0.931. The van der Waals surface area contributed by atoms with Crippen LogP contribution >= 0.6 is 38.8 Å². The fourth-order valence-corrected chi connectivity index (χ4v) is 0. The zero-order valence-electron chi connectivity index (χ0n) is 2.93. The molecule has 32 valence electrons. The molecule has 0 atom stereocenters. The summed E-state index contributed by atoms with van der Waals surface area (Å²) in [7, 11) is 16.4. The molecule has 6 heteroatoms. The summed E-state index contributed by atoms with van der Waals surface area (Å²) in [5.74, 6) is 0. The van der Waals surface area contributed by atoms with Crippen molar-refractivity contribution in [2.24, 2.45) is 0 Å². The average Bonchev–Trinajstić information content (AvgIpc) is 1.39. The molecule has 0 aliphatic rings. The maximum atomic E-state index is 4.95. The molecule has 0 rings (SSSR count). The van der Waals surface area contributed by atoms with Crippen LogP contribution in [0, 0.1) is 0 Å². The van der Waals surface area contributed by atoms with Gasteiger partial charge in [-0.2, -0.15) is 0 Å². The van der Waals surface area contributed by atoms with Gasteiger partial charge in [0.25, 0.3) is 0 Å². The molecule has 0 heterocycles. The summed E-state index contributed by atoms with van der Waals surface area (Å²) in [6, 6.07) is 0. The molecule has 0 bridgehead atoms. The van der Waals surface area contributed by atoms with Crippen molar-refractivity contribution in [3.05, 3.63) is 0 Å². The fourth-order valence-electron chi connectivity index (χ4n) is 0. The zero-order valence-corrected chi connectivity index (χ0v) is 12.8. The molecule has 0 spiro atoms. The van der Waals surface area contributed by atoms with Crippen molar-refractivity contribution in [2.45, 2.75) is 0 Å². The van der Waals surface area contributed by atoms with Crippen LogP contribution in [-0.4, -0.2) is 28.0 Å². The summed E-state index contributed by atoms with van der Waals surface area (Å²) >= 11 is -1.18. The first kappa shape index (κ1) is 12.1. The molecule has 0 aliphatic carbocycles. The van der Waals surface area contributed by atoms with Crippen LogP contribution in [0.15, 0.2) is 0 Å². The van der Waals surface area contributed by atoms with Gasteiger partial charge in [0, 0.05) is 0 Å². The second-order valence-corrected chi connectivity index (χ2v) is 16.0. The van der Waals surface area contributed by atoms with E-state index in [0.717, 1.165) is 0 Å². The Morgan fingerprint density at radius 3 is 1.33 bits per heavy atom. The van der Waals surface area contributed by atoms with Gasteiger partial charge in [-0.05, 0) is 0 Å². The summed E-state index contributed by atoms with van der Waals surface area (Å²) in [5.41, 5.74) is 0. The van der Waals surface area contributed by atoms with E-state index in [-0.39, 0.29) is 28.0 Å². The predicted octanol–water partition coefficient (Wildman–Crippen LogP) is 2.69. The molecule has 0 saturated heterocycles. The van der Waals surface area contributed by atoms with E-state index in [1.165, 1.54) is 0 Å². The monoisotopic (exact) mass is 332 g/mol. The third-order valence-corrected chi connectivity index (χ3v) is 0. The van der Waals surface area contributed by atoms with Gasteiger partial charge in [0.1, 0.15) is 0 Å². The first-order valence-electron chi connectivity index (χ1n) is 1.07. The molecule has 0 aromatic rings. The Kier molecular flexibility index (Phi) is 31.9. The van der Waals surface area contributed by atoms with Gasteiger partial charge in [-0.1, -0.05) is 0 Å². The molecule has 0 radical (unpaired) electrons. The quantitative estimate of drug-likeness (QED) is 0.597. The van der Waals surface area contributed by atoms with E-state index in [2.05, 4.69) is 19.4 Å². The van der Waals surface area contributed by atoms with Crippen LogP contribution in [0.3, 0.4) is 0 Å². The van der Waals surface area contributed by atoms with E-state index in [1.807, 2.05) is 0 Å². The summed E-state index contributed by atoms with van der Waals surface area (Å²) in [5, 5.41) is 0. The van der Waals surface area contributed by atoms with Gasteiger partial charge in [0.05, 0.1) is 0 Å². The third-order valence-electron chi connectivity index (χ3n) is 0. The standard InChI is InChI=1S/2BrH.Ca.2ClH.Zn/h2*1H;;2*1H;/q;;+2;;;+2/p-4. The van der Waals surface area contributed by atoms with Crippen LogP contribution in [0.4, 0.5) is 0 Å². The van der Waals surface area contributed by atoms with Crippen LogP contribution in [-0.2, 0) is 15.1 Å². The van der Waals surface area contributed by atoms with Gasteiger partial charge < -0.3 is 0 Å². The van der Waals surface area contributed by atoms with Crippen molar-refractivity contribution in [3.63, 3.8) is 0 Å². The molecule has 0 aromatic heterocycles. The first-order chi connectivity index (χ1) is 2.83. The number of hydrogen-bond acceptors (Lipinski definition) is 0. The third kappa shape index (κ3) is 26.1. The Hall–Kier alpha value is 3.42. The Morgan fingerprint density at radius 1 is 1.33 bits per heavy atom. The SMILES string of the molecule is [Br][Ca][Br].[Cl][Zn][Cl]. The van der Waals surface area contributed by atoms with Crippen molar-refractivity contribution in [1.29, 1.82) is 0 Å². The normalized spacial score (nSPS) is 3.33. The van der Waals surface area contributed by atoms with Crippen LogP contribution < -0.4 is 0 Å². The van der Waals surface area contributed by atoms with Crippen LogP contribution in [0.5, 0.6) is 0 Å². The molecule has 0 N–H and O–H groups in total. The van der Waals surface area contributed by atoms with Crippen molar-refractivity contribution in [2.75, 3.05) is 0 Å². The minimum absolute atomic E-state index is 0.250. The summed E-state index contributed by atoms with van der Waals surface area (Å²) < 4.78 is 0. The van der Waals surface area contributed by atoms with E-state index in [0.29, 0.717) is 0 Å². The Bertz CT molecular complexity index is 13.5.